The Bertz CT molecular complexity index is 1080. The van der Waals surface area contributed by atoms with Gasteiger partial charge < -0.3 is 10.1 Å². The molecule has 1 atom stereocenters. The quantitative estimate of drug-likeness (QED) is 0.445. The van der Waals surface area contributed by atoms with Gasteiger partial charge in [-0.25, -0.2) is 4.79 Å². The minimum atomic E-state index is -1.14. The summed E-state index contributed by atoms with van der Waals surface area (Å²) in [5.41, 5.74) is 0.646. The molecule has 1 N–H and O–H groups in total. The number of rotatable bonds is 6. The first-order chi connectivity index (χ1) is 13.9. The lowest BCUT2D eigenvalue weighted by Crippen LogP contribution is -2.30. The van der Waals surface area contributed by atoms with E-state index in [1.807, 2.05) is 6.07 Å². The molecule has 1 aliphatic heterocycles. The number of esters is 1. The smallest absolute Gasteiger partial charge is 0.338 e. The molecule has 2 heterocycles. The summed E-state index contributed by atoms with van der Waals surface area (Å²) in [6.45, 7) is 4.97. The number of carbonyl (C=O) groups is 4. The van der Waals surface area contributed by atoms with E-state index in [0.29, 0.717) is 10.6 Å². The topological polar surface area (TPSA) is 117 Å². The molecular formula is C20H15N3O5S. The Balaban J connectivity index is 1.71. The van der Waals surface area contributed by atoms with Crippen LogP contribution in [0.2, 0.25) is 0 Å². The van der Waals surface area contributed by atoms with Crippen LogP contribution in [0.3, 0.4) is 0 Å². The van der Waals surface area contributed by atoms with E-state index in [4.69, 9.17) is 10.00 Å². The van der Waals surface area contributed by atoms with Crippen LogP contribution in [0.25, 0.3) is 0 Å². The molecule has 0 spiro atoms. The number of nitrogens with one attached hydrogen (secondary N) is 1. The Morgan fingerprint density at radius 3 is 2.72 bits per heavy atom. The van der Waals surface area contributed by atoms with Gasteiger partial charge in [0.15, 0.2) is 6.10 Å². The average Bonchev–Trinajstić information content (AvgIpc) is 3.25. The molecule has 0 fully saturated rings. The van der Waals surface area contributed by atoms with Crippen LogP contribution in [0.4, 0.5) is 5.00 Å². The third kappa shape index (κ3) is 3.79. The van der Waals surface area contributed by atoms with Crippen molar-refractivity contribution in [1.82, 2.24) is 4.90 Å². The van der Waals surface area contributed by atoms with E-state index in [1.54, 1.807) is 11.4 Å². The van der Waals surface area contributed by atoms with Crippen LogP contribution < -0.4 is 5.32 Å². The fourth-order valence-corrected chi connectivity index (χ4v) is 3.44. The molecule has 9 heteroatoms. The van der Waals surface area contributed by atoms with Crippen LogP contribution in [0.5, 0.6) is 0 Å². The lowest BCUT2D eigenvalue weighted by atomic mass is 10.1. The van der Waals surface area contributed by atoms with Crippen molar-refractivity contribution in [1.29, 1.82) is 5.26 Å². The number of imide groups is 1. The molecule has 0 saturated carbocycles. The molecule has 0 unspecified atom stereocenters. The number of nitriles is 1. The summed E-state index contributed by atoms with van der Waals surface area (Å²) in [4.78, 5) is 50.2. The number of anilines is 1. The van der Waals surface area contributed by atoms with E-state index >= 15 is 0 Å². The van der Waals surface area contributed by atoms with Crippen molar-refractivity contribution in [2.24, 2.45) is 0 Å². The summed E-state index contributed by atoms with van der Waals surface area (Å²) < 4.78 is 5.16. The molecule has 146 valence electrons. The molecule has 0 radical (unpaired) electrons. The summed E-state index contributed by atoms with van der Waals surface area (Å²) >= 11 is 1.18. The highest BCUT2D eigenvalue weighted by Crippen LogP contribution is 2.25. The molecule has 3 amide bonds. The van der Waals surface area contributed by atoms with E-state index in [2.05, 4.69) is 11.9 Å². The number of nitrogens with zero attached hydrogens (tertiary/aromatic N) is 2. The molecule has 0 aliphatic carbocycles. The van der Waals surface area contributed by atoms with Crippen LogP contribution in [-0.2, 0) is 9.53 Å². The van der Waals surface area contributed by atoms with Gasteiger partial charge in [0.2, 0.25) is 0 Å². The first-order valence-electron chi connectivity index (χ1n) is 8.48. The summed E-state index contributed by atoms with van der Waals surface area (Å²) in [7, 11) is 0. The fourth-order valence-electron chi connectivity index (χ4n) is 2.70. The van der Waals surface area contributed by atoms with Crippen LogP contribution >= 0.6 is 11.3 Å². The van der Waals surface area contributed by atoms with Crippen molar-refractivity contribution in [3.05, 3.63) is 64.6 Å². The predicted molar refractivity (Wildman–Crippen MR) is 105 cm³/mol. The Labute approximate surface area is 170 Å². The van der Waals surface area contributed by atoms with Gasteiger partial charge in [0.1, 0.15) is 11.1 Å². The van der Waals surface area contributed by atoms with E-state index in [9.17, 15) is 19.2 Å². The minimum Gasteiger partial charge on any atom is -0.449 e. The van der Waals surface area contributed by atoms with Gasteiger partial charge in [-0.3, -0.25) is 19.3 Å². The zero-order chi connectivity index (χ0) is 21.1. The van der Waals surface area contributed by atoms with Crippen molar-refractivity contribution in [2.75, 3.05) is 11.9 Å². The maximum absolute atomic E-state index is 12.4. The Morgan fingerprint density at radius 2 is 2.03 bits per heavy atom. The lowest BCUT2D eigenvalue weighted by molar-refractivity contribution is -0.123. The maximum Gasteiger partial charge on any atom is 0.338 e. The zero-order valence-electron chi connectivity index (χ0n) is 15.3. The lowest BCUT2D eigenvalue weighted by Gasteiger charge is -2.13. The van der Waals surface area contributed by atoms with E-state index in [-0.39, 0.29) is 23.2 Å². The number of hydrogen-bond donors (Lipinski definition) is 1. The number of amides is 3. The molecule has 3 rings (SSSR count). The van der Waals surface area contributed by atoms with Crippen LogP contribution in [0.1, 0.15) is 43.6 Å². The summed E-state index contributed by atoms with van der Waals surface area (Å²) in [6, 6.07) is 7.53. The summed E-state index contributed by atoms with van der Waals surface area (Å²) in [5.74, 6) is -2.39. The number of ether oxygens (including phenoxy) is 1. The van der Waals surface area contributed by atoms with Gasteiger partial charge in [0.05, 0.1) is 22.3 Å². The van der Waals surface area contributed by atoms with Gasteiger partial charge in [-0.1, -0.05) is 6.08 Å². The van der Waals surface area contributed by atoms with Crippen LogP contribution in [0, 0.1) is 11.3 Å². The summed E-state index contributed by atoms with van der Waals surface area (Å²) in [6.07, 6.45) is 0.293. The van der Waals surface area contributed by atoms with Crippen LogP contribution in [-0.4, -0.2) is 41.2 Å². The van der Waals surface area contributed by atoms with Crippen molar-refractivity contribution in [2.45, 2.75) is 13.0 Å². The molecule has 8 nitrogen and oxygen atoms in total. The average molecular weight is 409 g/mol. The zero-order valence-corrected chi connectivity index (χ0v) is 16.1. The van der Waals surface area contributed by atoms with E-state index in [1.165, 1.54) is 42.5 Å². The van der Waals surface area contributed by atoms with E-state index < -0.39 is 29.8 Å². The van der Waals surface area contributed by atoms with Gasteiger partial charge in [-0.15, -0.1) is 17.9 Å². The number of benzene rings is 1. The highest BCUT2D eigenvalue weighted by Gasteiger charge is 2.35. The van der Waals surface area contributed by atoms with Gasteiger partial charge in [-0.2, -0.15) is 5.26 Å². The molecule has 0 bridgehead atoms. The third-order valence-corrected chi connectivity index (χ3v) is 5.02. The molecule has 0 saturated heterocycles. The molecular weight excluding hydrogens is 394 g/mol. The second-order valence-electron chi connectivity index (χ2n) is 6.08. The Hall–Kier alpha value is -3.77. The molecule has 1 aromatic heterocycles. The van der Waals surface area contributed by atoms with Gasteiger partial charge in [-0.05, 0) is 36.6 Å². The summed E-state index contributed by atoms with van der Waals surface area (Å²) in [5, 5.41) is 13.5. The monoisotopic (exact) mass is 409 g/mol. The molecule has 1 aliphatic rings. The Kier molecular flexibility index (Phi) is 5.57. The highest BCUT2D eigenvalue weighted by molar-refractivity contribution is 7.14. The standard InChI is InChI=1S/C20H15N3O5S/c1-3-7-23-18(25)14-5-4-12(9-15(14)19(23)26)20(27)28-11(2)16(24)22-17-13(10-21)6-8-29-17/h3-6,8-9,11H,1,7H2,2H3,(H,22,24)/t11-/m0/s1. The highest BCUT2D eigenvalue weighted by atomic mass is 32.1. The van der Waals surface area contributed by atoms with Crippen molar-refractivity contribution in [3.8, 4) is 6.07 Å². The normalized spacial score (nSPS) is 13.4. The van der Waals surface area contributed by atoms with Crippen LogP contribution in [0.15, 0.2) is 42.3 Å². The first kappa shape index (κ1) is 20.0. The minimum absolute atomic E-state index is 0.0406. The second-order valence-corrected chi connectivity index (χ2v) is 7.00. The molecule has 1 aromatic carbocycles. The van der Waals surface area contributed by atoms with Crippen molar-refractivity contribution >= 4 is 40.0 Å². The van der Waals surface area contributed by atoms with Gasteiger partial charge in [0, 0.05) is 6.54 Å². The fraction of sp³-hybridized carbons (Fsp3) is 0.150. The SMILES string of the molecule is C=CCN1C(=O)c2ccc(C(=O)O[C@@H](C)C(=O)Nc3sccc3C#N)cc2C1=O. The second kappa shape index (κ2) is 8.08. The molecule has 29 heavy (non-hydrogen) atoms. The predicted octanol–water partition coefficient (Wildman–Crippen LogP) is 2.59. The number of thiophene rings is 1. The van der Waals surface area contributed by atoms with Gasteiger partial charge >= 0.3 is 5.97 Å². The number of hydrogen-bond acceptors (Lipinski definition) is 7. The third-order valence-electron chi connectivity index (χ3n) is 4.19. The number of carbonyl (C=O) groups excluding carboxylic acids is 4. The van der Waals surface area contributed by atoms with Gasteiger partial charge in [0.25, 0.3) is 17.7 Å². The van der Waals surface area contributed by atoms with E-state index in [0.717, 1.165) is 4.90 Å². The first-order valence-corrected chi connectivity index (χ1v) is 9.36. The van der Waals surface area contributed by atoms with Crippen molar-refractivity contribution < 1.29 is 23.9 Å². The largest absolute Gasteiger partial charge is 0.449 e. The Morgan fingerprint density at radius 1 is 1.31 bits per heavy atom. The van der Waals surface area contributed by atoms with Crippen molar-refractivity contribution in [3.63, 3.8) is 0 Å². The number of fused-ring (bicyclic) bond motifs is 1. The molecule has 2 aromatic rings. The maximum atomic E-state index is 12.4.